The van der Waals surface area contributed by atoms with E-state index in [0.717, 1.165) is 25.3 Å². The van der Waals surface area contributed by atoms with Gasteiger partial charge in [-0.25, -0.2) is 8.78 Å². The second-order valence-electron chi connectivity index (χ2n) is 5.74. The molecule has 0 spiro atoms. The lowest BCUT2D eigenvalue weighted by Crippen LogP contribution is -2.29. The molecule has 3 heteroatoms. The molecule has 2 aliphatic rings. The normalized spacial score (nSPS) is 33.6. The Morgan fingerprint density at radius 1 is 1.33 bits per heavy atom. The molecule has 2 saturated carbocycles. The Labute approximate surface area is 105 Å². The second kappa shape index (κ2) is 4.05. The van der Waals surface area contributed by atoms with Gasteiger partial charge in [-0.2, -0.15) is 5.26 Å². The van der Waals surface area contributed by atoms with Crippen LogP contribution in [0.15, 0.2) is 18.2 Å². The molecule has 2 aliphatic carbocycles. The number of rotatable bonds is 2. The molecule has 1 aromatic carbocycles. The second-order valence-corrected chi connectivity index (χ2v) is 5.74. The third-order valence-electron chi connectivity index (χ3n) is 4.74. The van der Waals surface area contributed by atoms with Crippen molar-refractivity contribution in [2.75, 3.05) is 0 Å². The van der Waals surface area contributed by atoms with Gasteiger partial charge in [0.1, 0.15) is 0 Å². The van der Waals surface area contributed by atoms with Crippen LogP contribution in [-0.4, -0.2) is 0 Å². The summed E-state index contributed by atoms with van der Waals surface area (Å²) >= 11 is 0. The summed E-state index contributed by atoms with van der Waals surface area (Å²) in [5, 5.41) is 9.49. The van der Waals surface area contributed by atoms with Crippen molar-refractivity contribution < 1.29 is 8.78 Å². The Morgan fingerprint density at radius 2 is 2.17 bits per heavy atom. The van der Waals surface area contributed by atoms with Crippen molar-refractivity contribution in [3.63, 3.8) is 0 Å². The van der Waals surface area contributed by atoms with Gasteiger partial charge in [-0.1, -0.05) is 18.6 Å². The van der Waals surface area contributed by atoms with Gasteiger partial charge < -0.3 is 0 Å². The average Bonchev–Trinajstić information content (AvgIpc) is 2.96. The van der Waals surface area contributed by atoms with Gasteiger partial charge in [0.05, 0.1) is 11.5 Å². The molecule has 1 nitrogen and oxygen atoms in total. The van der Waals surface area contributed by atoms with Crippen molar-refractivity contribution in [1.29, 1.82) is 5.26 Å². The molecule has 0 heterocycles. The predicted octanol–water partition coefficient (Wildman–Crippen LogP) is 3.84. The summed E-state index contributed by atoms with van der Waals surface area (Å²) in [4.78, 5) is 0. The highest BCUT2D eigenvalue weighted by Crippen LogP contribution is 2.57. The molecule has 2 bridgehead atoms. The summed E-state index contributed by atoms with van der Waals surface area (Å²) in [6.07, 6.45) is 4.55. The van der Waals surface area contributed by atoms with Crippen LogP contribution in [0.2, 0.25) is 0 Å². The number of fused-ring (bicyclic) bond motifs is 2. The first-order chi connectivity index (χ1) is 8.64. The summed E-state index contributed by atoms with van der Waals surface area (Å²) in [7, 11) is 0. The van der Waals surface area contributed by atoms with Crippen LogP contribution in [0.25, 0.3) is 0 Å². The Bertz CT molecular complexity index is 520. The minimum atomic E-state index is -0.816. The van der Waals surface area contributed by atoms with Gasteiger partial charge in [0.2, 0.25) is 0 Å². The first-order valence-electron chi connectivity index (χ1n) is 6.49. The smallest absolute Gasteiger partial charge is 0.162 e. The van der Waals surface area contributed by atoms with Crippen LogP contribution < -0.4 is 0 Å². The number of hydrogen-bond donors (Lipinski definition) is 0. The molecule has 0 aromatic heterocycles. The van der Waals surface area contributed by atoms with E-state index in [0.29, 0.717) is 23.8 Å². The van der Waals surface area contributed by atoms with Crippen molar-refractivity contribution in [2.45, 2.75) is 32.1 Å². The van der Waals surface area contributed by atoms with Crippen molar-refractivity contribution in [3.8, 4) is 6.07 Å². The predicted molar refractivity (Wildman–Crippen MR) is 63.6 cm³/mol. The quantitative estimate of drug-likeness (QED) is 0.779. The SMILES string of the molecule is N#CC1(Cc2cccc(F)c2F)CC2CCC1C2. The fraction of sp³-hybridized carbons (Fsp3) is 0.533. The van der Waals surface area contributed by atoms with Gasteiger partial charge in [-0.05, 0) is 49.1 Å². The first-order valence-corrected chi connectivity index (χ1v) is 6.49. The fourth-order valence-corrected chi connectivity index (χ4v) is 3.86. The maximum atomic E-state index is 13.7. The highest BCUT2D eigenvalue weighted by atomic mass is 19.2. The number of nitrogens with zero attached hydrogens (tertiary/aromatic N) is 1. The first kappa shape index (κ1) is 11.6. The monoisotopic (exact) mass is 247 g/mol. The lowest BCUT2D eigenvalue weighted by Gasteiger charge is -2.31. The van der Waals surface area contributed by atoms with Gasteiger partial charge in [-0.15, -0.1) is 0 Å². The summed E-state index contributed by atoms with van der Waals surface area (Å²) in [5.74, 6) is -0.611. The Balaban J connectivity index is 1.92. The minimum Gasteiger partial charge on any atom is -0.204 e. The lowest BCUT2D eigenvalue weighted by molar-refractivity contribution is 0.236. The zero-order chi connectivity index (χ0) is 12.8. The summed E-state index contributed by atoms with van der Waals surface area (Å²) < 4.78 is 26.9. The Morgan fingerprint density at radius 3 is 2.78 bits per heavy atom. The van der Waals surface area contributed by atoms with E-state index in [1.54, 1.807) is 6.07 Å². The van der Waals surface area contributed by atoms with Gasteiger partial charge >= 0.3 is 0 Å². The third-order valence-corrected chi connectivity index (χ3v) is 4.74. The molecule has 94 valence electrons. The largest absolute Gasteiger partial charge is 0.204 e. The highest BCUT2D eigenvalue weighted by molar-refractivity contribution is 5.25. The maximum absolute atomic E-state index is 13.7. The minimum absolute atomic E-state index is 0.351. The third kappa shape index (κ3) is 1.63. The zero-order valence-electron chi connectivity index (χ0n) is 10.1. The van der Waals surface area contributed by atoms with Crippen LogP contribution in [0, 0.1) is 40.2 Å². The van der Waals surface area contributed by atoms with Crippen LogP contribution in [0.4, 0.5) is 8.78 Å². The van der Waals surface area contributed by atoms with Gasteiger partial charge in [0.25, 0.3) is 0 Å². The van der Waals surface area contributed by atoms with E-state index in [9.17, 15) is 14.0 Å². The van der Waals surface area contributed by atoms with E-state index < -0.39 is 17.0 Å². The van der Waals surface area contributed by atoms with E-state index >= 15 is 0 Å². The molecule has 0 radical (unpaired) electrons. The van der Waals surface area contributed by atoms with Crippen LogP contribution in [0.5, 0.6) is 0 Å². The van der Waals surface area contributed by atoms with E-state index in [1.807, 2.05) is 0 Å². The molecule has 0 N–H and O–H groups in total. The van der Waals surface area contributed by atoms with Crippen molar-refractivity contribution in [1.82, 2.24) is 0 Å². The maximum Gasteiger partial charge on any atom is 0.162 e. The van der Waals surface area contributed by atoms with Gasteiger partial charge in [0.15, 0.2) is 11.6 Å². The molecule has 18 heavy (non-hydrogen) atoms. The molecule has 0 amide bonds. The molecule has 1 aromatic rings. The Hall–Kier alpha value is -1.43. The molecule has 0 saturated heterocycles. The van der Waals surface area contributed by atoms with Gasteiger partial charge in [-0.3, -0.25) is 0 Å². The molecular weight excluding hydrogens is 232 g/mol. The van der Waals surface area contributed by atoms with E-state index in [1.165, 1.54) is 12.5 Å². The van der Waals surface area contributed by atoms with Crippen molar-refractivity contribution in [2.24, 2.45) is 17.3 Å². The highest BCUT2D eigenvalue weighted by Gasteiger charge is 2.51. The molecule has 3 rings (SSSR count). The number of nitriles is 1. The van der Waals surface area contributed by atoms with E-state index in [2.05, 4.69) is 6.07 Å². The van der Waals surface area contributed by atoms with Crippen LogP contribution in [0.1, 0.15) is 31.2 Å². The molecule has 3 atom stereocenters. The standard InChI is InChI=1S/C15H15F2N/c16-13-3-1-2-11(14(13)17)8-15(9-18)7-10-4-5-12(15)6-10/h1-3,10,12H,4-8H2. The van der Waals surface area contributed by atoms with E-state index in [4.69, 9.17) is 0 Å². The number of halogens is 2. The summed E-state index contributed by atoms with van der Waals surface area (Å²) in [6, 6.07) is 6.66. The fourth-order valence-electron chi connectivity index (χ4n) is 3.86. The lowest BCUT2D eigenvalue weighted by atomic mass is 9.70. The van der Waals surface area contributed by atoms with Crippen LogP contribution >= 0.6 is 0 Å². The van der Waals surface area contributed by atoms with Crippen molar-refractivity contribution >= 4 is 0 Å². The topological polar surface area (TPSA) is 23.8 Å². The summed E-state index contributed by atoms with van der Waals surface area (Å²) in [5.41, 5.74) is -0.110. The molecule has 2 fully saturated rings. The van der Waals surface area contributed by atoms with Crippen molar-refractivity contribution in [3.05, 3.63) is 35.4 Å². The molecule has 0 aliphatic heterocycles. The van der Waals surface area contributed by atoms with Gasteiger partial charge in [0, 0.05) is 0 Å². The number of benzene rings is 1. The Kier molecular flexibility index (Phi) is 2.62. The molecule has 3 unspecified atom stereocenters. The average molecular weight is 247 g/mol. The number of hydrogen-bond acceptors (Lipinski definition) is 1. The van der Waals surface area contributed by atoms with E-state index in [-0.39, 0.29) is 0 Å². The zero-order valence-corrected chi connectivity index (χ0v) is 10.1. The summed E-state index contributed by atoms with van der Waals surface area (Å²) in [6.45, 7) is 0. The van der Waals surface area contributed by atoms with Crippen LogP contribution in [-0.2, 0) is 6.42 Å². The molecular formula is C15H15F2N. The van der Waals surface area contributed by atoms with Crippen LogP contribution in [0.3, 0.4) is 0 Å².